The summed E-state index contributed by atoms with van der Waals surface area (Å²) in [6.07, 6.45) is -0.00978. The minimum atomic E-state index is -3.95. The van der Waals surface area contributed by atoms with Gasteiger partial charge in [-0.2, -0.15) is 0 Å². The molecule has 0 unspecified atom stereocenters. The molecule has 0 fully saturated rings. The van der Waals surface area contributed by atoms with Crippen LogP contribution in [-0.4, -0.2) is 74.5 Å². The highest BCUT2D eigenvalue weighted by Crippen LogP contribution is 2.14. The number of amides is 3. The fraction of sp³-hybridized carbons (Fsp3) is 0.529. The number of hydrogen-bond acceptors (Lipinski definition) is 7. The van der Waals surface area contributed by atoms with Crippen LogP contribution in [0.2, 0.25) is 0 Å². The molecular formula is C34H53N7O6S. The van der Waals surface area contributed by atoms with Crippen molar-refractivity contribution in [1.82, 2.24) is 20.7 Å². The molecule has 2 rings (SSSR count). The van der Waals surface area contributed by atoms with Crippen LogP contribution >= 0.6 is 0 Å². The molecular weight excluding hydrogens is 634 g/mol. The third-order valence-corrected chi connectivity index (χ3v) is 8.88. The number of rotatable bonds is 21. The number of aliphatic hydroxyl groups is 1. The summed E-state index contributed by atoms with van der Waals surface area (Å²) >= 11 is 0. The van der Waals surface area contributed by atoms with Crippen molar-refractivity contribution in [3.8, 4) is 0 Å². The summed E-state index contributed by atoms with van der Waals surface area (Å²) in [6, 6.07) is 15.2. The lowest BCUT2D eigenvalue weighted by Crippen LogP contribution is -2.58. The van der Waals surface area contributed by atoms with Gasteiger partial charge in [-0.3, -0.25) is 19.4 Å². The fourth-order valence-electron chi connectivity index (χ4n) is 5.08. The summed E-state index contributed by atoms with van der Waals surface area (Å²) in [5.74, 6) is -2.37. The van der Waals surface area contributed by atoms with E-state index in [4.69, 9.17) is 11.5 Å². The molecule has 0 aliphatic heterocycles. The Labute approximate surface area is 284 Å². The van der Waals surface area contributed by atoms with Gasteiger partial charge in [-0.15, -0.1) is 0 Å². The van der Waals surface area contributed by atoms with Crippen LogP contribution in [0.4, 0.5) is 0 Å². The Kier molecular flexibility index (Phi) is 17.1. The molecule has 0 heterocycles. The van der Waals surface area contributed by atoms with Crippen LogP contribution in [-0.2, 0) is 36.6 Å². The van der Waals surface area contributed by atoms with Crippen molar-refractivity contribution in [2.45, 2.75) is 89.8 Å². The van der Waals surface area contributed by atoms with Crippen LogP contribution in [0, 0.1) is 11.8 Å². The molecule has 3 amide bonds. The molecule has 0 aliphatic carbocycles. The number of aliphatic hydroxyl groups excluding tert-OH is 1. The zero-order valence-electron chi connectivity index (χ0n) is 28.4. The second-order valence-electron chi connectivity index (χ2n) is 12.7. The lowest BCUT2D eigenvalue weighted by atomic mass is 9.95. The van der Waals surface area contributed by atoms with Crippen LogP contribution in [0.15, 0.2) is 65.7 Å². The molecule has 4 atom stereocenters. The largest absolute Gasteiger partial charge is 0.390 e. The van der Waals surface area contributed by atoms with Gasteiger partial charge >= 0.3 is 0 Å². The van der Waals surface area contributed by atoms with E-state index in [9.17, 15) is 27.9 Å². The monoisotopic (exact) mass is 687 g/mol. The molecule has 2 aromatic rings. The third-order valence-electron chi connectivity index (χ3n) is 7.52. The predicted octanol–water partition coefficient (Wildman–Crippen LogP) is 1.31. The van der Waals surface area contributed by atoms with E-state index in [-0.39, 0.29) is 42.9 Å². The number of carbonyl (C=O) groups excluding carboxylic acids is 3. The fourth-order valence-corrected chi connectivity index (χ4v) is 6.45. The van der Waals surface area contributed by atoms with Gasteiger partial charge in [0.15, 0.2) is 5.96 Å². The number of sulfonamides is 1. The average Bonchev–Trinajstić information content (AvgIpc) is 3.01. The Bertz CT molecular complexity index is 1420. The molecule has 0 saturated heterocycles. The number of guanidine groups is 1. The lowest BCUT2D eigenvalue weighted by molar-refractivity contribution is -0.132. The van der Waals surface area contributed by atoms with Gasteiger partial charge in [0.1, 0.15) is 12.1 Å². The smallest absolute Gasteiger partial charge is 0.243 e. The zero-order valence-corrected chi connectivity index (χ0v) is 29.2. The molecule has 0 aromatic heterocycles. The second-order valence-corrected chi connectivity index (χ2v) is 14.4. The maximum Gasteiger partial charge on any atom is 0.243 e. The SMILES string of the molecule is CC(C)C[C@H](NC(=O)[C@@H](NC(=O)[C@H](CCCN=C(N)N)NS(=O)(=O)Cc1ccccc1)C(C)C)[C@@H](O)CC(=O)NCCc1ccccc1. The van der Waals surface area contributed by atoms with E-state index < -0.39 is 52.0 Å². The zero-order chi connectivity index (χ0) is 35.7. The number of nitrogens with one attached hydrogen (secondary N) is 4. The minimum Gasteiger partial charge on any atom is -0.390 e. The van der Waals surface area contributed by atoms with E-state index in [2.05, 4.69) is 25.7 Å². The van der Waals surface area contributed by atoms with Crippen LogP contribution in [0.1, 0.15) is 64.5 Å². The number of nitrogens with zero attached hydrogens (tertiary/aromatic N) is 1. The van der Waals surface area contributed by atoms with E-state index in [1.54, 1.807) is 44.2 Å². The van der Waals surface area contributed by atoms with Gasteiger partial charge in [0.2, 0.25) is 27.7 Å². The Morgan fingerprint density at radius 3 is 2.04 bits per heavy atom. The van der Waals surface area contributed by atoms with Crippen molar-refractivity contribution in [2.75, 3.05) is 13.1 Å². The molecule has 13 nitrogen and oxygen atoms in total. The van der Waals surface area contributed by atoms with Gasteiger partial charge in [-0.25, -0.2) is 13.1 Å². The molecule has 0 radical (unpaired) electrons. The molecule has 9 N–H and O–H groups in total. The summed E-state index contributed by atoms with van der Waals surface area (Å²) in [6.45, 7) is 7.93. The number of hydrogen-bond donors (Lipinski definition) is 7. The number of carbonyl (C=O) groups is 3. The van der Waals surface area contributed by atoms with Crippen molar-refractivity contribution in [3.05, 3.63) is 71.8 Å². The first-order chi connectivity index (χ1) is 22.7. The Hall–Kier alpha value is -4.01. The van der Waals surface area contributed by atoms with Crippen LogP contribution < -0.4 is 32.1 Å². The summed E-state index contributed by atoms with van der Waals surface area (Å²) in [5.41, 5.74) is 12.4. The van der Waals surface area contributed by atoms with Gasteiger partial charge in [-0.05, 0) is 48.6 Å². The van der Waals surface area contributed by atoms with Crippen molar-refractivity contribution < 1.29 is 27.9 Å². The summed E-state index contributed by atoms with van der Waals surface area (Å²) in [4.78, 5) is 43.7. The van der Waals surface area contributed by atoms with Crippen molar-refractivity contribution in [3.63, 3.8) is 0 Å². The first-order valence-corrected chi connectivity index (χ1v) is 18.0. The first kappa shape index (κ1) is 40.2. The molecule has 0 spiro atoms. The van der Waals surface area contributed by atoms with Crippen LogP contribution in [0.3, 0.4) is 0 Å². The topological polar surface area (TPSA) is 218 Å². The van der Waals surface area contributed by atoms with Crippen LogP contribution in [0.5, 0.6) is 0 Å². The highest BCUT2D eigenvalue weighted by atomic mass is 32.2. The van der Waals surface area contributed by atoms with Crippen molar-refractivity contribution >= 4 is 33.7 Å². The second kappa shape index (κ2) is 20.4. The average molecular weight is 688 g/mol. The summed E-state index contributed by atoms with van der Waals surface area (Å²) in [7, 11) is -3.95. The molecule has 266 valence electrons. The van der Waals surface area contributed by atoms with Crippen molar-refractivity contribution in [2.24, 2.45) is 28.3 Å². The Morgan fingerprint density at radius 1 is 0.875 bits per heavy atom. The van der Waals surface area contributed by atoms with Gasteiger partial charge in [0, 0.05) is 13.1 Å². The van der Waals surface area contributed by atoms with E-state index in [0.29, 0.717) is 31.4 Å². The van der Waals surface area contributed by atoms with E-state index >= 15 is 0 Å². The molecule has 0 bridgehead atoms. The quantitative estimate of drug-likeness (QED) is 0.0575. The van der Waals surface area contributed by atoms with E-state index in [1.165, 1.54) is 0 Å². The van der Waals surface area contributed by atoms with E-state index in [0.717, 1.165) is 5.56 Å². The predicted molar refractivity (Wildman–Crippen MR) is 188 cm³/mol. The number of nitrogens with two attached hydrogens (primary N) is 2. The summed E-state index contributed by atoms with van der Waals surface area (Å²) < 4.78 is 28.6. The maximum atomic E-state index is 13.6. The van der Waals surface area contributed by atoms with Gasteiger partial charge < -0.3 is 32.5 Å². The normalized spacial score (nSPS) is 14.1. The standard InChI is InChI=1S/C34H53N7O6S/c1-23(2)20-28(29(42)21-30(43)37-19-17-25-12-7-5-8-13-25)39-33(45)31(24(3)4)40-32(44)27(16-11-18-38-34(35)36)41-48(46,47)22-26-14-9-6-10-15-26/h5-10,12-15,23-24,27-29,31,41-42H,11,16-22H2,1-4H3,(H,37,43)(H,39,45)(H,40,44)(H4,35,36,38)/t27-,28-,29-,31-/m0/s1. The van der Waals surface area contributed by atoms with Gasteiger partial charge in [0.25, 0.3) is 0 Å². The van der Waals surface area contributed by atoms with Gasteiger partial charge in [0.05, 0.1) is 24.3 Å². The third kappa shape index (κ3) is 15.7. The van der Waals surface area contributed by atoms with Crippen LogP contribution in [0.25, 0.3) is 0 Å². The molecule has 14 heteroatoms. The highest BCUT2D eigenvalue weighted by molar-refractivity contribution is 7.88. The highest BCUT2D eigenvalue weighted by Gasteiger charge is 2.33. The summed E-state index contributed by atoms with van der Waals surface area (Å²) in [5, 5.41) is 19.4. The molecule has 48 heavy (non-hydrogen) atoms. The maximum absolute atomic E-state index is 13.6. The molecule has 0 saturated carbocycles. The van der Waals surface area contributed by atoms with E-state index in [1.807, 2.05) is 44.2 Å². The Balaban J connectivity index is 2.11. The number of benzene rings is 2. The molecule has 2 aromatic carbocycles. The minimum absolute atomic E-state index is 0.0666. The van der Waals surface area contributed by atoms with Crippen molar-refractivity contribution in [1.29, 1.82) is 0 Å². The Morgan fingerprint density at radius 2 is 1.48 bits per heavy atom. The van der Waals surface area contributed by atoms with Gasteiger partial charge in [-0.1, -0.05) is 88.4 Å². The lowest BCUT2D eigenvalue weighted by Gasteiger charge is -2.30. The first-order valence-electron chi connectivity index (χ1n) is 16.4. The molecule has 0 aliphatic rings. The number of aliphatic imine (C=N–C) groups is 1.